The summed E-state index contributed by atoms with van der Waals surface area (Å²) in [5, 5.41) is 0.273. The SMILES string of the molecule is O=S(=O)(Nc1cccc(-c2nc3ccncc3s2)c1)c1ccc(S(=O)(=O)c2ccccc2)[nH]1. The van der Waals surface area contributed by atoms with Crippen LogP contribution in [0.1, 0.15) is 0 Å². The predicted molar refractivity (Wildman–Crippen MR) is 126 cm³/mol. The van der Waals surface area contributed by atoms with Crippen LogP contribution in [0.2, 0.25) is 0 Å². The number of hydrogen-bond donors (Lipinski definition) is 2. The van der Waals surface area contributed by atoms with Gasteiger partial charge in [-0.25, -0.2) is 13.4 Å². The molecule has 0 aliphatic carbocycles. The third kappa shape index (κ3) is 4.13. The highest BCUT2D eigenvalue weighted by Crippen LogP contribution is 2.31. The lowest BCUT2D eigenvalue weighted by molar-refractivity contribution is 0.590. The van der Waals surface area contributed by atoms with E-state index in [-0.39, 0.29) is 14.9 Å². The topological polar surface area (TPSA) is 122 Å². The van der Waals surface area contributed by atoms with Crippen molar-refractivity contribution >= 4 is 47.1 Å². The van der Waals surface area contributed by atoms with Gasteiger partial charge >= 0.3 is 0 Å². The lowest BCUT2D eigenvalue weighted by Gasteiger charge is -2.08. The zero-order valence-corrected chi connectivity index (χ0v) is 19.3. The van der Waals surface area contributed by atoms with E-state index in [0.717, 1.165) is 20.8 Å². The fourth-order valence-electron chi connectivity index (χ4n) is 3.23. The largest absolute Gasteiger partial charge is 0.335 e. The van der Waals surface area contributed by atoms with Gasteiger partial charge in [0.15, 0.2) is 5.03 Å². The molecule has 5 aromatic rings. The Balaban J connectivity index is 1.43. The molecule has 2 aromatic carbocycles. The molecule has 2 N–H and O–H groups in total. The first-order valence-electron chi connectivity index (χ1n) is 9.66. The minimum Gasteiger partial charge on any atom is -0.335 e. The zero-order chi connectivity index (χ0) is 23.1. The molecule has 33 heavy (non-hydrogen) atoms. The van der Waals surface area contributed by atoms with Gasteiger partial charge in [0.1, 0.15) is 10.0 Å². The van der Waals surface area contributed by atoms with Crippen molar-refractivity contribution in [3.8, 4) is 10.6 Å². The summed E-state index contributed by atoms with van der Waals surface area (Å²) < 4.78 is 54.7. The first-order chi connectivity index (χ1) is 15.8. The smallest absolute Gasteiger partial charge is 0.277 e. The summed E-state index contributed by atoms with van der Waals surface area (Å²) in [7, 11) is -7.92. The number of nitrogens with zero attached hydrogens (tertiary/aromatic N) is 2. The van der Waals surface area contributed by atoms with E-state index in [2.05, 4.69) is 19.7 Å². The van der Waals surface area contributed by atoms with Crippen LogP contribution < -0.4 is 4.72 Å². The minimum absolute atomic E-state index is 0.0718. The van der Waals surface area contributed by atoms with Gasteiger partial charge in [-0.15, -0.1) is 11.3 Å². The molecule has 0 aliphatic heterocycles. The lowest BCUT2D eigenvalue weighted by Crippen LogP contribution is -2.14. The number of benzene rings is 2. The number of sulfonamides is 1. The fraction of sp³-hybridized carbons (Fsp3) is 0. The molecule has 0 unspecified atom stereocenters. The summed E-state index contributed by atoms with van der Waals surface area (Å²) in [6.45, 7) is 0. The van der Waals surface area contributed by atoms with Gasteiger partial charge in [0.05, 0.1) is 15.1 Å². The average molecular weight is 497 g/mol. The third-order valence-electron chi connectivity index (χ3n) is 4.82. The van der Waals surface area contributed by atoms with E-state index in [4.69, 9.17) is 0 Å². The molecule has 0 atom stereocenters. The number of H-pyrrole nitrogens is 1. The second kappa shape index (κ2) is 8.10. The van der Waals surface area contributed by atoms with Crippen molar-refractivity contribution < 1.29 is 16.8 Å². The Hall–Kier alpha value is -3.54. The Labute approximate surface area is 194 Å². The van der Waals surface area contributed by atoms with Crippen molar-refractivity contribution in [3.05, 3.63) is 85.2 Å². The Morgan fingerprint density at radius 1 is 0.848 bits per heavy atom. The number of fused-ring (bicyclic) bond motifs is 1. The normalized spacial score (nSPS) is 12.1. The molecule has 3 heterocycles. The summed E-state index contributed by atoms with van der Waals surface area (Å²) in [5.74, 6) is 0. The van der Waals surface area contributed by atoms with Crippen molar-refractivity contribution in [2.45, 2.75) is 14.9 Å². The Morgan fingerprint density at radius 2 is 1.64 bits per heavy atom. The standard InChI is InChI=1S/C22H16N4O4S3/c27-32(28,17-7-2-1-3-8-17)20-9-10-21(25-20)33(29,30)26-16-6-4-5-15(13-16)22-24-18-11-12-23-14-19(18)31-22/h1-14,25-26H. The predicted octanol–water partition coefficient (Wildman–Crippen LogP) is 4.32. The van der Waals surface area contributed by atoms with Gasteiger partial charge in [0.2, 0.25) is 9.84 Å². The van der Waals surface area contributed by atoms with E-state index in [0.29, 0.717) is 5.69 Å². The number of sulfone groups is 1. The monoisotopic (exact) mass is 496 g/mol. The van der Waals surface area contributed by atoms with Crippen LogP contribution >= 0.6 is 11.3 Å². The Bertz CT molecular complexity index is 1640. The first kappa shape index (κ1) is 21.3. The van der Waals surface area contributed by atoms with E-state index < -0.39 is 19.9 Å². The molecular weight excluding hydrogens is 480 g/mol. The van der Waals surface area contributed by atoms with Gasteiger partial charge < -0.3 is 4.98 Å². The van der Waals surface area contributed by atoms with E-state index in [9.17, 15) is 16.8 Å². The number of nitrogens with one attached hydrogen (secondary N) is 2. The molecule has 0 amide bonds. The van der Waals surface area contributed by atoms with Crippen LogP contribution in [0.15, 0.2) is 100 Å². The van der Waals surface area contributed by atoms with Crippen molar-refractivity contribution in [1.29, 1.82) is 0 Å². The molecule has 166 valence electrons. The molecule has 0 bridgehead atoms. The Morgan fingerprint density at radius 3 is 2.42 bits per heavy atom. The number of thiazole rings is 1. The van der Waals surface area contributed by atoms with Gasteiger partial charge in [-0.1, -0.05) is 30.3 Å². The quantitative estimate of drug-likeness (QED) is 0.361. The zero-order valence-electron chi connectivity index (χ0n) is 16.8. The maximum atomic E-state index is 12.9. The number of anilines is 1. The van der Waals surface area contributed by atoms with Crippen LogP contribution in [0, 0.1) is 0 Å². The van der Waals surface area contributed by atoms with E-state index >= 15 is 0 Å². The number of pyridine rings is 1. The number of aromatic nitrogens is 3. The summed E-state index contributed by atoms with van der Waals surface area (Å²) in [6, 6.07) is 18.9. The van der Waals surface area contributed by atoms with Crippen LogP contribution in [-0.2, 0) is 19.9 Å². The van der Waals surface area contributed by atoms with Crippen LogP contribution in [0.3, 0.4) is 0 Å². The fourth-order valence-corrected chi connectivity index (χ4v) is 6.52. The van der Waals surface area contributed by atoms with E-state index in [1.165, 1.54) is 35.6 Å². The number of aromatic amines is 1. The maximum Gasteiger partial charge on any atom is 0.277 e. The van der Waals surface area contributed by atoms with Gasteiger partial charge in [-0.3, -0.25) is 9.71 Å². The second-order valence-electron chi connectivity index (χ2n) is 7.05. The van der Waals surface area contributed by atoms with Gasteiger partial charge in [-0.2, -0.15) is 8.42 Å². The maximum absolute atomic E-state index is 12.9. The van der Waals surface area contributed by atoms with Crippen molar-refractivity contribution in [1.82, 2.24) is 15.0 Å². The molecule has 0 radical (unpaired) electrons. The van der Waals surface area contributed by atoms with Crippen LogP contribution in [0.25, 0.3) is 20.8 Å². The first-order valence-corrected chi connectivity index (χ1v) is 13.4. The van der Waals surface area contributed by atoms with Gasteiger partial charge in [0.25, 0.3) is 10.0 Å². The lowest BCUT2D eigenvalue weighted by atomic mass is 10.2. The molecule has 11 heteroatoms. The highest BCUT2D eigenvalue weighted by molar-refractivity contribution is 7.93. The summed E-state index contributed by atoms with van der Waals surface area (Å²) >= 11 is 1.45. The van der Waals surface area contributed by atoms with Crippen molar-refractivity contribution in [3.63, 3.8) is 0 Å². The van der Waals surface area contributed by atoms with Gasteiger partial charge in [0, 0.05) is 23.6 Å². The van der Waals surface area contributed by atoms with Gasteiger partial charge in [-0.05, 0) is 42.5 Å². The number of hydrogen-bond acceptors (Lipinski definition) is 7. The average Bonchev–Trinajstić information content (AvgIpc) is 3.48. The molecule has 0 aliphatic rings. The van der Waals surface area contributed by atoms with Crippen LogP contribution in [0.5, 0.6) is 0 Å². The second-order valence-corrected chi connectivity index (χ2v) is 11.7. The van der Waals surface area contributed by atoms with Crippen LogP contribution in [-0.4, -0.2) is 31.8 Å². The molecular formula is C22H16N4O4S3. The highest BCUT2D eigenvalue weighted by atomic mass is 32.2. The molecule has 0 saturated carbocycles. The summed E-state index contributed by atoms with van der Waals surface area (Å²) in [4.78, 5) is 11.2. The minimum atomic E-state index is -4.06. The molecule has 0 spiro atoms. The summed E-state index contributed by atoms with van der Waals surface area (Å²) in [5.41, 5.74) is 1.89. The van der Waals surface area contributed by atoms with Crippen molar-refractivity contribution in [2.24, 2.45) is 0 Å². The Kier molecular flexibility index (Phi) is 5.23. The van der Waals surface area contributed by atoms with E-state index in [1.807, 2.05) is 12.1 Å². The highest BCUT2D eigenvalue weighted by Gasteiger charge is 2.23. The van der Waals surface area contributed by atoms with Crippen LogP contribution in [0.4, 0.5) is 5.69 Å². The summed E-state index contributed by atoms with van der Waals surface area (Å²) in [6.07, 6.45) is 3.40. The molecule has 8 nitrogen and oxygen atoms in total. The molecule has 0 saturated heterocycles. The molecule has 0 fully saturated rings. The molecule has 5 rings (SSSR count). The van der Waals surface area contributed by atoms with E-state index in [1.54, 1.807) is 48.8 Å². The van der Waals surface area contributed by atoms with Crippen molar-refractivity contribution in [2.75, 3.05) is 4.72 Å². The molecule has 3 aromatic heterocycles. The number of rotatable bonds is 6. The third-order valence-corrected chi connectivity index (χ3v) is 8.90.